The number of hydrogen-bond donors (Lipinski definition) is 1. The van der Waals surface area contributed by atoms with Gasteiger partial charge in [0.1, 0.15) is 5.92 Å². The van der Waals surface area contributed by atoms with Crippen molar-refractivity contribution < 1.29 is 19.0 Å². The van der Waals surface area contributed by atoms with Gasteiger partial charge in [-0.3, -0.25) is 4.79 Å². The number of carbonyl (C=O) groups excluding carboxylic acids is 1. The molecule has 1 saturated heterocycles. The predicted octanol–water partition coefficient (Wildman–Crippen LogP) is 1.30. The number of carbonyl (C=O) groups is 1. The van der Waals surface area contributed by atoms with Crippen molar-refractivity contribution in [1.82, 2.24) is 0 Å². The van der Waals surface area contributed by atoms with E-state index >= 15 is 0 Å². The normalized spacial score (nSPS) is 27.8. The first kappa shape index (κ1) is 16.6. The van der Waals surface area contributed by atoms with Gasteiger partial charge in [-0.2, -0.15) is 0 Å². The van der Waals surface area contributed by atoms with Crippen LogP contribution in [-0.4, -0.2) is 33.7 Å². The van der Waals surface area contributed by atoms with E-state index in [2.05, 4.69) is 33.9 Å². The average Bonchev–Trinajstić information content (AvgIpc) is 2.23. The van der Waals surface area contributed by atoms with Crippen LogP contribution in [0.2, 0.25) is 18.1 Å². The lowest BCUT2D eigenvalue weighted by Gasteiger charge is -2.45. The van der Waals surface area contributed by atoms with Gasteiger partial charge in [-0.1, -0.05) is 20.8 Å². The summed E-state index contributed by atoms with van der Waals surface area (Å²) < 4.78 is 11.1. The molecule has 0 radical (unpaired) electrons. The van der Waals surface area contributed by atoms with Crippen LogP contribution < -0.4 is 5.06 Å². The van der Waals surface area contributed by atoms with Crippen molar-refractivity contribution in [2.75, 3.05) is 13.2 Å². The lowest BCUT2D eigenvalue weighted by atomic mass is 9.96. The van der Waals surface area contributed by atoms with E-state index in [0.29, 0.717) is 13.2 Å². The summed E-state index contributed by atoms with van der Waals surface area (Å²) in [5, 5.41) is 11.6. The predicted molar refractivity (Wildman–Crippen MR) is 76.0 cm³/mol. The Bertz CT molecular complexity index is 327. The summed E-state index contributed by atoms with van der Waals surface area (Å²) in [7, 11) is -1.72. The fraction of sp³-hybridized carbons (Fsp3) is 0.923. The molecule has 0 saturated carbocycles. The number of rotatable bonds is 5. The molecular formula is C13H27NO4Si. The molecule has 112 valence electrons. The van der Waals surface area contributed by atoms with Crippen molar-refractivity contribution in [2.24, 2.45) is 5.92 Å². The van der Waals surface area contributed by atoms with Crippen LogP contribution in [0.15, 0.2) is 0 Å². The zero-order chi connectivity index (χ0) is 14.8. The maximum absolute atomic E-state index is 11.4. The molecule has 19 heavy (non-hydrogen) atoms. The summed E-state index contributed by atoms with van der Waals surface area (Å²) in [6.07, 6.45) is 0.261. The van der Waals surface area contributed by atoms with Crippen molar-refractivity contribution in [3.05, 3.63) is 5.21 Å². The molecule has 0 aromatic carbocycles. The van der Waals surface area contributed by atoms with E-state index in [1.54, 1.807) is 0 Å². The summed E-state index contributed by atoms with van der Waals surface area (Å²) >= 11 is 0. The highest BCUT2D eigenvalue weighted by Gasteiger charge is 2.43. The van der Waals surface area contributed by atoms with Crippen molar-refractivity contribution in [3.63, 3.8) is 0 Å². The second kappa shape index (κ2) is 5.91. The minimum atomic E-state index is -1.72. The number of esters is 1. The van der Waals surface area contributed by atoms with Crippen molar-refractivity contribution in [1.29, 1.82) is 0 Å². The molecule has 1 heterocycles. The smallest absolute Gasteiger partial charge is 0.307 e. The molecule has 6 heteroatoms. The zero-order valence-corrected chi connectivity index (χ0v) is 13.9. The fourth-order valence-corrected chi connectivity index (χ4v) is 2.92. The van der Waals surface area contributed by atoms with Gasteiger partial charge in [-0.15, -0.1) is 0 Å². The van der Waals surface area contributed by atoms with E-state index in [0.717, 1.165) is 6.42 Å². The number of hydroxylamine groups is 2. The molecule has 1 aliphatic rings. The molecule has 1 fully saturated rings. The molecule has 0 aliphatic carbocycles. The third kappa shape index (κ3) is 4.27. The van der Waals surface area contributed by atoms with Gasteiger partial charge in [0.15, 0.2) is 8.32 Å². The highest BCUT2D eigenvalue weighted by Crippen LogP contribution is 2.36. The maximum Gasteiger partial charge on any atom is 0.307 e. The summed E-state index contributed by atoms with van der Waals surface area (Å²) in [6, 6.07) is 0. The molecule has 1 rings (SSSR count). The van der Waals surface area contributed by atoms with Crippen molar-refractivity contribution in [3.8, 4) is 0 Å². The van der Waals surface area contributed by atoms with Gasteiger partial charge in [0.05, 0.1) is 6.54 Å². The molecule has 1 aliphatic heterocycles. The molecule has 0 amide bonds. The molecule has 1 N–H and O–H groups in total. The maximum atomic E-state index is 11.4. The van der Waals surface area contributed by atoms with Gasteiger partial charge in [-0.25, -0.2) is 0 Å². The number of nitrogens with one attached hydrogen (secondary N) is 1. The summed E-state index contributed by atoms with van der Waals surface area (Å²) in [5.74, 6) is -0.241. The molecule has 0 spiro atoms. The van der Waals surface area contributed by atoms with Gasteiger partial charge in [-0.05, 0) is 24.6 Å². The van der Waals surface area contributed by atoms with E-state index in [-0.39, 0.29) is 22.0 Å². The third-order valence-electron chi connectivity index (χ3n) is 4.26. The molecule has 0 aromatic rings. The van der Waals surface area contributed by atoms with Crippen LogP contribution in [0.25, 0.3) is 0 Å². The van der Waals surface area contributed by atoms with Crippen LogP contribution in [0.4, 0.5) is 0 Å². The second-order valence-corrected chi connectivity index (χ2v) is 11.7. The first-order valence-electron chi connectivity index (χ1n) is 6.88. The summed E-state index contributed by atoms with van der Waals surface area (Å²) in [6.45, 7) is 13.5. The lowest BCUT2D eigenvalue weighted by Crippen LogP contribution is -3.21. The van der Waals surface area contributed by atoms with E-state index in [1.165, 1.54) is 6.92 Å². The van der Waals surface area contributed by atoms with Gasteiger partial charge in [0, 0.05) is 13.5 Å². The molecule has 5 nitrogen and oxygen atoms in total. The molecule has 0 aromatic heterocycles. The number of ether oxygens (including phenoxy) is 1. The quantitative estimate of drug-likeness (QED) is 0.471. The Morgan fingerprint density at radius 2 is 2.00 bits per heavy atom. The van der Waals surface area contributed by atoms with Crippen LogP contribution in [-0.2, 0) is 14.0 Å². The first-order chi connectivity index (χ1) is 8.54. The minimum Gasteiger partial charge on any atom is -0.632 e. The summed E-state index contributed by atoms with van der Waals surface area (Å²) in [5.41, 5.74) is 0. The standard InChI is InChI=1S/C13H27NO4Si/c1-10(15)18-12-11(9-14(12)16)7-8-17-19(5,6)13(2,3)4/h11-12,14H,7-9H2,1-6H3/t11-,12-/m1/s1. The number of quaternary nitrogens is 1. The Kier molecular flexibility index (Phi) is 5.17. The van der Waals surface area contributed by atoms with E-state index in [1.807, 2.05) is 0 Å². The Morgan fingerprint density at radius 1 is 1.42 bits per heavy atom. The van der Waals surface area contributed by atoms with Gasteiger partial charge in [0.25, 0.3) is 0 Å². The second-order valence-electron chi connectivity index (χ2n) is 6.86. The largest absolute Gasteiger partial charge is 0.632 e. The third-order valence-corrected chi connectivity index (χ3v) is 8.80. The monoisotopic (exact) mass is 289 g/mol. The van der Waals surface area contributed by atoms with Crippen LogP contribution in [0.1, 0.15) is 34.1 Å². The minimum absolute atomic E-state index is 0.0347. The van der Waals surface area contributed by atoms with Crippen LogP contribution >= 0.6 is 0 Å². The first-order valence-corrected chi connectivity index (χ1v) is 9.79. The van der Waals surface area contributed by atoms with Crippen molar-refractivity contribution in [2.45, 2.75) is 58.5 Å². The molecule has 1 unspecified atom stereocenters. The lowest BCUT2D eigenvalue weighted by molar-refractivity contribution is -0.956. The number of hydrogen-bond acceptors (Lipinski definition) is 4. The van der Waals surface area contributed by atoms with Gasteiger partial charge < -0.3 is 19.4 Å². The van der Waals surface area contributed by atoms with Crippen molar-refractivity contribution >= 4 is 14.3 Å². The van der Waals surface area contributed by atoms with Crippen LogP contribution in [0, 0.1) is 11.1 Å². The SMILES string of the molecule is CC(=O)O[C@@H]1[C@H](CCO[Si](C)(C)C(C)(C)C)C[NH+]1[O-]. The molecule has 3 atom stereocenters. The van der Waals surface area contributed by atoms with Crippen LogP contribution in [0.3, 0.4) is 0 Å². The average molecular weight is 289 g/mol. The topological polar surface area (TPSA) is 63.0 Å². The molecular weight excluding hydrogens is 262 g/mol. The fourth-order valence-electron chi connectivity index (χ4n) is 1.86. The van der Waals surface area contributed by atoms with E-state index < -0.39 is 14.5 Å². The Morgan fingerprint density at radius 3 is 2.42 bits per heavy atom. The zero-order valence-electron chi connectivity index (χ0n) is 12.9. The van der Waals surface area contributed by atoms with Gasteiger partial charge in [0.2, 0.25) is 6.23 Å². The Balaban J connectivity index is 2.36. The van der Waals surface area contributed by atoms with Gasteiger partial charge >= 0.3 is 5.97 Å². The summed E-state index contributed by atoms with van der Waals surface area (Å²) in [4.78, 5) is 10.9. The highest BCUT2D eigenvalue weighted by atomic mass is 28.4. The highest BCUT2D eigenvalue weighted by molar-refractivity contribution is 6.74. The molecule has 0 bridgehead atoms. The van der Waals surface area contributed by atoms with E-state index in [9.17, 15) is 10.0 Å². The van der Waals surface area contributed by atoms with E-state index in [4.69, 9.17) is 9.16 Å². The Hall–Kier alpha value is -0.433. The van der Waals surface area contributed by atoms with Crippen LogP contribution in [0.5, 0.6) is 0 Å². The Labute approximate surface area is 117 Å².